The fourth-order valence-corrected chi connectivity index (χ4v) is 2.71. The summed E-state index contributed by atoms with van der Waals surface area (Å²) >= 11 is 0. The standard InChI is InChI=1S/C19H19F3N2O3/c1-26-15-6-2-13(3-7-15)4-9-18(25)24-11-16(12-24)27-17-8-5-14(10-23-17)19(20,21)22/h2-3,5-8,10,16H,4,9,11-12H2,1H3. The smallest absolute Gasteiger partial charge is 0.417 e. The number of likely N-dealkylation sites (tertiary alicyclic amines) is 1. The lowest BCUT2D eigenvalue weighted by Gasteiger charge is -2.38. The van der Waals surface area contributed by atoms with Gasteiger partial charge in [-0.3, -0.25) is 4.79 Å². The van der Waals surface area contributed by atoms with Crippen molar-refractivity contribution in [2.24, 2.45) is 0 Å². The van der Waals surface area contributed by atoms with Gasteiger partial charge in [-0.2, -0.15) is 13.2 Å². The minimum atomic E-state index is -4.42. The molecular weight excluding hydrogens is 361 g/mol. The third kappa shape index (κ3) is 4.90. The highest BCUT2D eigenvalue weighted by Crippen LogP contribution is 2.29. The van der Waals surface area contributed by atoms with Gasteiger partial charge in [0.15, 0.2) is 0 Å². The molecule has 1 aliphatic heterocycles. The quantitative estimate of drug-likeness (QED) is 0.772. The molecule has 0 unspecified atom stereocenters. The van der Waals surface area contributed by atoms with Crippen LogP contribution in [0.15, 0.2) is 42.6 Å². The SMILES string of the molecule is COc1ccc(CCC(=O)N2CC(Oc3ccc(C(F)(F)F)cn3)C2)cc1. The molecule has 2 aromatic rings. The first-order chi connectivity index (χ1) is 12.8. The lowest BCUT2D eigenvalue weighted by atomic mass is 10.1. The van der Waals surface area contributed by atoms with E-state index in [0.717, 1.165) is 23.6 Å². The van der Waals surface area contributed by atoms with E-state index < -0.39 is 11.7 Å². The zero-order valence-corrected chi connectivity index (χ0v) is 14.7. The Morgan fingerprint density at radius 3 is 2.44 bits per heavy atom. The van der Waals surface area contributed by atoms with Crippen molar-refractivity contribution in [3.63, 3.8) is 0 Å². The van der Waals surface area contributed by atoms with E-state index in [0.29, 0.717) is 25.9 Å². The Balaban J connectivity index is 1.41. The molecule has 1 saturated heterocycles. The molecule has 1 aliphatic rings. The predicted molar refractivity (Wildman–Crippen MR) is 91.6 cm³/mol. The largest absolute Gasteiger partial charge is 0.497 e. The molecule has 8 heteroatoms. The molecule has 3 rings (SSSR count). The van der Waals surface area contributed by atoms with Gasteiger partial charge >= 0.3 is 6.18 Å². The van der Waals surface area contributed by atoms with Crippen molar-refractivity contribution in [3.05, 3.63) is 53.7 Å². The summed E-state index contributed by atoms with van der Waals surface area (Å²) in [5, 5.41) is 0. The molecule has 0 saturated carbocycles. The van der Waals surface area contributed by atoms with Gasteiger partial charge in [0.25, 0.3) is 0 Å². The number of carbonyl (C=O) groups is 1. The molecular formula is C19H19F3N2O3. The van der Waals surface area contributed by atoms with Crippen LogP contribution in [0.4, 0.5) is 13.2 Å². The Hall–Kier alpha value is -2.77. The van der Waals surface area contributed by atoms with E-state index in [1.165, 1.54) is 6.07 Å². The number of methoxy groups -OCH3 is 1. The third-order valence-corrected chi connectivity index (χ3v) is 4.34. The Morgan fingerprint density at radius 2 is 1.89 bits per heavy atom. The van der Waals surface area contributed by atoms with Crippen molar-refractivity contribution >= 4 is 5.91 Å². The van der Waals surface area contributed by atoms with Gasteiger partial charge in [0, 0.05) is 18.7 Å². The number of hydrogen-bond acceptors (Lipinski definition) is 4. The number of pyridine rings is 1. The van der Waals surface area contributed by atoms with E-state index in [2.05, 4.69) is 4.98 Å². The summed E-state index contributed by atoms with van der Waals surface area (Å²) in [6, 6.07) is 9.67. The fourth-order valence-electron chi connectivity index (χ4n) is 2.71. The lowest BCUT2D eigenvalue weighted by molar-refractivity contribution is -0.140. The van der Waals surface area contributed by atoms with E-state index in [9.17, 15) is 18.0 Å². The molecule has 5 nitrogen and oxygen atoms in total. The molecule has 0 aliphatic carbocycles. The van der Waals surface area contributed by atoms with Crippen LogP contribution in [-0.4, -0.2) is 42.1 Å². The number of rotatable bonds is 6. The summed E-state index contributed by atoms with van der Waals surface area (Å²) in [7, 11) is 1.60. The number of aryl methyl sites for hydroxylation is 1. The number of benzene rings is 1. The van der Waals surface area contributed by atoms with Crippen molar-refractivity contribution in [2.45, 2.75) is 25.1 Å². The number of alkyl halides is 3. The molecule has 1 aromatic heterocycles. The number of aromatic nitrogens is 1. The summed E-state index contributed by atoms with van der Waals surface area (Å²) < 4.78 is 48.1. The van der Waals surface area contributed by atoms with Crippen LogP contribution in [0.2, 0.25) is 0 Å². The molecule has 0 atom stereocenters. The van der Waals surface area contributed by atoms with Gasteiger partial charge in [-0.05, 0) is 30.2 Å². The van der Waals surface area contributed by atoms with Crippen molar-refractivity contribution in [1.82, 2.24) is 9.88 Å². The average molecular weight is 380 g/mol. The van der Waals surface area contributed by atoms with Crippen LogP contribution in [-0.2, 0) is 17.4 Å². The molecule has 2 heterocycles. The van der Waals surface area contributed by atoms with Crippen LogP contribution in [0, 0.1) is 0 Å². The average Bonchev–Trinajstić information content (AvgIpc) is 2.62. The van der Waals surface area contributed by atoms with Gasteiger partial charge in [-0.1, -0.05) is 12.1 Å². The zero-order chi connectivity index (χ0) is 19.4. The molecule has 0 N–H and O–H groups in total. The Kier molecular flexibility index (Phi) is 5.53. The van der Waals surface area contributed by atoms with Crippen LogP contribution in [0.1, 0.15) is 17.5 Å². The van der Waals surface area contributed by atoms with Gasteiger partial charge in [0.1, 0.15) is 11.9 Å². The van der Waals surface area contributed by atoms with Crippen molar-refractivity contribution < 1.29 is 27.4 Å². The summed E-state index contributed by atoms with van der Waals surface area (Å²) in [5.41, 5.74) is 0.227. The minimum absolute atomic E-state index is 0.0195. The van der Waals surface area contributed by atoms with Crippen LogP contribution in [0.3, 0.4) is 0 Å². The maximum Gasteiger partial charge on any atom is 0.417 e. The molecule has 0 bridgehead atoms. The topological polar surface area (TPSA) is 51.7 Å². The van der Waals surface area contributed by atoms with Gasteiger partial charge in [-0.25, -0.2) is 4.98 Å². The van der Waals surface area contributed by atoms with Gasteiger partial charge in [0.05, 0.1) is 25.8 Å². The lowest BCUT2D eigenvalue weighted by Crippen LogP contribution is -2.56. The molecule has 1 amide bonds. The van der Waals surface area contributed by atoms with Crippen LogP contribution < -0.4 is 9.47 Å². The minimum Gasteiger partial charge on any atom is -0.497 e. The number of halogens is 3. The number of nitrogens with zero attached hydrogens (tertiary/aromatic N) is 2. The fraction of sp³-hybridized carbons (Fsp3) is 0.368. The van der Waals surface area contributed by atoms with Crippen LogP contribution in [0.25, 0.3) is 0 Å². The van der Waals surface area contributed by atoms with Gasteiger partial charge in [-0.15, -0.1) is 0 Å². The van der Waals surface area contributed by atoms with E-state index >= 15 is 0 Å². The second-order valence-corrected chi connectivity index (χ2v) is 6.27. The van der Waals surface area contributed by atoms with Crippen molar-refractivity contribution in [3.8, 4) is 11.6 Å². The zero-order valence-electron chi connectivity index (χ0n) is 14.7. The van der Waals surface area contributed by atoms with Gasteiger partial charge < -0.3 is 14.4 Å². The molecule has 0 spiro atoms. The van der Waals surface area contributed by atoms with E-state index in [-0.39, 0.29) is 17.9 Å². The maximum atomic E-state index is 12.5. The Morgan fingerprint density at radius 1 is 1.19 bits per heavy atom. The first kappa shape index (κ1) is 19.0. The number of amides is 1. The summed E-state index contributed by atoms with van der Waals surface area (Å²) in [6.07, 6.45) is -2.91. The van der Waals surface area contributed by atoms with Crippen molar-refractivity contribution in [2.75, 3.05) is 20.2 Å². The number of hydrogen-bond donors (Lipinski definition) is 0. The molecule has 144 valence electrons. The second kappa shape index (κ2) is 7.85. The molecule has 27 heavy (non-hydrogen) atoms. The highest BCUT2D eigenvalue weighted by Gasteiger charge is 2.33. The molecule has 1 fully saturated rings. The first-order valence-corrected chi connectivity index (χ1v) is 8.46. The Labute approximate surface area is 154 Å². The normalized spacial score (nSPS) is 14.6. The molecule has 1 aromatic carbocycles. The number of carbonyl (C=O) groups excluding carboxylic acids is 1. The summed E-state index contributed by atoms with van der Waals surface area (Å²) in [5.74, 6) is 0.911. The van der Waals surface area contributed by atoms with E-state index in [4.69, 9.17) is 9.47 Å². The third-order valence-electron chi connectivity index (χ3n) is 4.34. The predicted octanol–water partition coefficient (Wildman–Crippen LogP) is 3.33. The highest BCUT2D eigenvalue weighted by molar-refractivity contribution is 5.77. The Bertz CT molecular complexity index is 770. The maximum absolute atomic E-state index is 12.5. The van der Waals surface area contributed by atoms with E-state index in [1.807, 2.05) is 24.3 Å². The van der Waals surface area contributed by atoms with Gasteiger partial charge in [0.2, 0.25) is 11.8 Å². The molecule has 0 radical (unpaired) electrons. The number of ether oxygens (including phenoxy) is 2. The monoisotopic (exact) mass is 380 g/mol. The van der Waals surface area contributed by atoms with E-state index in [1.54, 1.807) is 12.0 Å². The van der Waals surface area contributed by atoms with Crippen LogP contribution >= 0.6 is 0 Å². The highest BCUT2D eigenvalue weighted by atomic mass is 19.4. The van der Waals surface area contributed by atoms with Crippen molar-refractivity contribution in [1.29, 1.82) is 0 Å². The summed E-state index contributed by atoms with van der Waals surface area (Å²) in [6.45, 7) is 0.814. The summed E-state index contributed by atoms with van der Waals surface area (Å²) in [4.78, 5) is 17.5. The first-order valence-electron chi connectivity index (χ1n) is 8.46. The van der Waals surface area contributed by atoms with Crippen LogP contribution in [0.5, 0.6) is 11.6 Å². The second-order valence-electron chi connectivity index (χ2n) is 6.27.